The summed E-state index contributed by atoms with van der Waals surface area (Å²) in [5.41, 5.74) is 1.09. The lowest BCUT2D eigenvalue weighted by Crippen LogP contribution is -2.16. The highest BCUT2D eigenvalue weighted by Crippen LogP contribution is 1.93. The average Bonchev–Trinajstić information content (AvgIpc) is 2.89. The zero-order valence-corrected chi connectivity index (χ0v) is 9.50. The van der Waals surface area contributed by atoms with E-state index in [-0.39, 0.29) is 0 Å². The van der Waals surface area contributed by atoms with Crippen LogP contribution in [0.2, 0.25) is 0 Å². The van der Waals surface area contributed by atoms with E-state index in [0.717, 1.165) is 31.7 Å². The molecule has 0 amide bonds. The van der Waals surface area contributed by atoms with Crippen molar-refractivity contribution >= 4 is 0 Å². The third kappa shape index (κ3) is 3.20. The van der Waals surface area contributed by atoms with Crippen LogP contribution in [0.5, 0.6) is 0 Å². The summed E-state index contributed by atoms with van der Waals surface area (Å²) in [6.45, 7) is 2.84. The maximum absolute atomic E-state index is 4.30. The summed E-state index contributed by atoms with van der Waals surface area (Å²) in [4.78, 5) is 4.00. The smallest absolute Gasteiger partial charge is 0.0945 e. The summed E-state index contributed by atoms with van der Waals surface area (Å²) in [7, 11) is 1.93. The van der Waals surface area contributed by atoms with Gasteiger partial charge in [0, 0.05) is 38.7 Å². The van der Waals surface area contributed by atoms with Gasteiger partial charge in [-0.15, -0.1) is 0 Å². The van der Waals surface area contributed by atoms with E-state index in [1.54, 1.807) is 6.20 Å². The molecule has 0 aliphatic heterocycles. The molecule has 0 radical (unpaired) electrons. The first-order valence-electron chi connectivity index (χ1n) is 5.49. The highest BCUT2D eigenvalue weighted by molar-refractivity contribution is 4.97. The van der Waals surface area contributed by atoms with Crippen LogP contribution in [0.1, 0.15) is 12.1 Å². The molecule has 0 aromatic carbocycles. The Kier molecular flexibility index (Phi) is 3.71. The lowest BCUT2D eigenvalue weighted by Gasteiger charge is -2.03. The van der Waals surface area contributed by atoms with Crippen molar-refractivity contribution < 1.29 is 0 Å². The monoisotopic (exact) mass is 219 g/mol. The van der Waals surface area contributed by atoms with E-state index in [4.69, 9.17) is 0 Å². The molecule has 5 heteroatoms. The van der Waals surface area contributed by atoms with E-state index in [1.807, 2.05) is 36.5 Å². The molecule has 16 heavy (non-hydrogen) atoms. The summed E-state index contributed by atoms with van der Waals surface area (Å²) in [6, 6.07) is 2.03. The summed E-state index contributed by atoms with van der Waals surface area (Å²) >= 11 is 0. The fourth-order valence-electron chi connectivity index (χ4n) is 1.58. The fourth-order valence-corrected chi connectivity index (χ4v) is 1.58. The second-order valence-corrected chi connectivity index (χ2v) is 3.81. The average molecular weight is 219 g/mol. The first-order chi connectivity index (χ1) is 7.84. The lowest BCUT2D eigenvalue weighted by molar-refractivity contribution is 0.573. The number of nitrogens with zero attached hydrogens (tertiary/aromatic N) is 4. The standard InChI is InChI=1S/C11H17N5/c1-15-7-3-11(14-15)9-12-4-2-6-16-8-5-13-10-16/h3,5,7-8,10,12H,2,4,6,9H2,1H3. The summed E-state index contributed by atoms with van der Waals surface area (Å²) in [5.74, 6) is 0. The van der Waals surface area contributed by atoms with Gasteiger partial charge in [0.2, 0.25) is 0 Å². The molecular weight excluding hydrogens is 202 g/mol. The van der Waals surface area contributed by atoms with E-state index in [0.29, 0.717) is 0 Å². The maximum Gasteiger partial charge on any atom is 0.0945 e. The van der Waals surface area contributed by atoms with Crippen molar-refractivity contribution in [2.45, 2.75) is 19.5 Å². The molecule has 1 N–H and O–H groups in total. The summed E-state index contributed by atoms with van der Waals surface area (Å²) < 4.78 is 3.91. The molecule has 0 unspecified atom stereocenters. The number of hydrogen-bond donors (Lipinski definition) is 1. The molecule has 0 saturated heterocycles. The number of nitrogens with one attached hydrogen (secondary N) is 1. The van der Waals surface area contributed by atoms with Crippen LogP contribution in [0.3, 0.4) is 0 Å². The molecular formula is C11H17N5. The number of aryl methyl sites for hydroxylation is 2. The first kappa shape index (κ1) is 10.9. The minimum Gasteiger partial charge on any atom is -0.337 e. The fraction of sp³-hybridized carbons (Fsp3) is 0.455. The Labute approximate surface area is 95.1 Å². The van der Waals surface area contributed by atoms with E-state index < -0.39 is 0 Å². The van der Waals surface area contributed by atoms with Crippen molar-refractivity contribution in [2.24, 2.45) is 7.05 Å². The van der Waals surface area contributed by atoms with Crippen LogP contribution in [-0.2, 0) is 20.1 Å². The van der Waals surface area contributed by atoms with Gasteiger partial charge in [-0.2, -0.15) is 5.10 Å². The van der Waals surface area contributed by atoms with Crippen molar-refractivity contribution in [1.29, 1.82) is 0 Å². The predicted octanol–water partition coefficient (Wildman–Crippen LogP) is 0.796. The lowest BCUT2D eigenvalue weighted by atomic mass is 10.4. The molecule has 0 aliphatic carbocycles. The second-order valence-electron chi connectivity index (χ2n) is 3.81. The third-order valence-corrected chi connectivity index (χ3v) is 2.40. The molecule has 86 valence electrons. The van der Waals surface area contributed by atoms with Gasteiger partial charge < -0.3 is 9.88 Å². The Morgan fingerprint density at radius 1 is 1.38 bits per heavy atom. The van der Waals surface area contributed by atoms with Gasteiger partial charge in [0.1, 0.15) is 0 Å². The van der Waals surface area contributed by atoms with Gasteiger partial charge in [-0.25, -0.2) is 4.98 Å². The highest BCUT2D eigenvalue weighted by Gasteiger charge is 1.95. The van der Waals surface area contributed by atoms with Crippen LogP contribution >= 0.6 is 0 Å². The second kappa shape index (κ2) is 5.46. The van der Waals surface area contributed by atoms with Gasteiger partial charge in [0.05, 0.1) is 12.0 Å². The van der Waals surface area contributed by atoms with Gasteiger partial charge in [0.25, 0.3) is 0 Å². The highest BCUT2D eigenvalue weighted by atomic mass is 15.3. The molecule has 2 heterocycles. The Hall–Kier alpha value is -1.62. The Bertz CT molecular complexity index is 404. The van der Waals surface area contributed by atoms with E-state index in [2.05, 4.69) is 20.0 Å². The summed E-state index contributed by atoms with van der Waals surface area (Å²) in [5, 5.41) is 7.67. The van der Waals surface area contributed by atoms with Crippen molar-refractivity contribution in [3.63, 3.8) is 0 Å². The Morgan fingerprint density at radius 2 is 2.31 bits per heavy atom. The van der Waals surface area contributed by atoms with Gasteiger partial charge in [-0.1, -0.05) is 0 Å². The van der Waals surface area contributed by atoms with Crippen LogP contribution < -0.4 is 5.32 Å². The van der Waals surface area contributed by atoms with Crippen molar-refractivity contribution in [2.75, 3.05) is 6.54 Å². The third-order valence-electron chi connectivity index (χ3n) is 2.40. The van der Waals surface area contributed by atoms with Crippen LogP contribution in [0.4, 0.5) is 0 Å². The van der Waals surface area contributed by atoms with E-state index >= 15 is 0 Å². The van der Waals surface area contributed by atoms with Crippen molar-refractivity contribution in [3.8, 4) is 0 Å². The molecule has 2 rings (SSSR count). The number of hydrogen-bond acceptors (Lipinski definition) is 3. The zero-order chi connectivity index (χ0) is 11.2. The molecule has 0 bridgehead atoms. The molecule has 5 nitrogen and oxygen atoms in total. The minimum absolute atomic E-state index is 0.838. The topological polar surface area (TPSA) is 47.7 Å². The molecule has 0 atom stereocenters. The number of rotatable bonds is 6. The Morgan fingerprint density at radius 3 is 3.00 bits per heavy atom. The quantitative estimate of drug-likeness (QED) is 0.731. The van der Waals surface area contributed by atoms with Crippen molar-refractivity contribution in [3.05, 3.63) is 36.7 Å². The zero-order valence-electron chi connectivity index (χ0n) is 9.50. The number of imidazole rings is 1. The predicted molar refractivity (Wildman–Crippen MR) is 61.8 cm³/mol. The Balaban J connectivity index is 1.59. The minimum atomic E-state index is 0.838. The summed E-state index contributed by atoms with van der Waals surface area (Å²) in [6.07, 6.45) is 8.70. The van der Waals surface area contributed by atoms with Crippen LogP contribution in [-0.4, -0.2) is 25.9 Å². The first-order valence-corrected chi connectivity index (χ1v) is 5.49. The van der Waals surface area contributed by atoms with E-state index in [1.165, 1.54) is 0 Å². The molecule has 0 spiro atoms. The van der Waals surface area contributed by atoms with Crippen LogP contribution in [0.25, 0.3) is 0 Å². The molecule has 0 saturated carbocycles. The van der Waals surface area contributed by atoms with E-state index in [9.17, 15) is 0 Å². The van der Waals surface area contributed by atoms with Crippen LogP contribution in [0.15, 0.2) is 31.0 Å². The maximum atomic E-state index is 4.30. The largest absolute Gasteiger partial charge is 0.337 e. The SMILES string of the molecule is Cn1ccc(CNCCCn2ccnc2)n1. The van der Waals surface area contributed by atoms with Gasteiger partial charge in [-0.3, -0.25) is 4.68 Å². The van der Waals surface area contributed by atoms with Crippen LogP contribution in [0, 0.1) is 0 Å². The van der Waals surface area contributed by atoms with Gasteiger partial charge in [0.15, 0.2) is 0 Å². The molecule has 2 aromatic rings. The normalized spacial score (nSPS) is 10.8. The van der Waals surface area contributed by atoms with Gasteiger partial charge >= 0.3 is 0 Å². The van der Waals surface area contributed by atoms with Gasteiger partial charge in [-0.05, 0) is 19.0 Å². The number of aromatic nitrogens is 4. The molecule has 2 aromatic heterocycles. The molecule has 0 aliphatic rings. The molecule has 0 fully saturated rings. The van der Waals surface area contributed by atoms with Crippen molar-refractivity contribution in [1.82, 2.24) is 24.6 Å².